The molecular weight excluding hydrogens is 413 g/mol. The predicted octanol–water partition coefficient (Wildman–Crippen LogP) is 2.28. The highest BCUT2D eigenvalue weighted by Gasteiger charge is 2.42. The third-order valence-corrected chi connectivity index (χ3v) is 5.89. The van der Waals surface area contributed by atoms with Gasteiger partial charge in [-0.05, 0) is 62.0 Å². The number of hydrogen-bond acceptors (Lipinski definition) is 5. The van der Waals surface area contributed by atoms with E-state index in [0.717, 1.165) is 61.5 Å². The van der Waals surface area contributed by atoms with E-state index in [2.05, 4.69) is 26.1 Å². The molecule has 7 nitrogen and oxygen atoms in total. The number of carbonyl (C=O) groups excluding carboxylic acids is 1. The fourth-order valence-electron chi connectivity index (χ4n) is 4.20. The van der Waals surface area contributed by atoms with Crippen LogP contribution in [-0.2, 0) is 11.3 Å². The van der Waals surface area contributed by atoms with Crippen molar-refractivity contribution in [3.05, 3.63) is 36.0 Å². The van der Waals surface area contributed by atoms with Crippen molar-refractivity contribution in [1.29, 1.82) is 0 Å². The van der Waals surface area contributed by atoms with Gasteiger partial charge in [0.1, 0.15) is 5.75 Å². The van der Waals surface area contributed by atoms with Crippen LogP contribution in [0.5, 0.6) is 5.75 Å². The van der Waals surface area contributed by atoms with Gasteiger partial charge < -0.3 is 20.7 Å². The van der Waals surface area contributed by atoms with Gasteiger partial charge in [0.25, 0.3) is 0 Å². The van der Waals surface area contributed by atoms with Crippen LogP contribution >= 0.6 is 24.8 Å². The van der Waals surface area contributed by atoms with E-state index >= 15 is 0 Å². The van der Waals surface area contributed by atoms with Gasteiger partial charge in [0, 0.05) is 24.2 Å². The van der Waals surface area contributed by atoms with E-state index in [9.17, 15) is 4.79 Å². The molecule has 0 radical (unpaired) electrons. The quantitative estimate of drug-likeness (QED) is 0.571. The molecule has 4 N–H and O–H groups in total. The molecule has 9 heteroatoms. The van der Waals surface area contributed by atoms with Crippen LogP contribution < -0.4 is 20.7 Å². The molecule has 0 aliphatic carbocycles. The molecule has 2 aromatic rings. The van der Waals surface area contributed by atoms with Gasteiger partial charge >= 0.3 is 0 Å². The SMILES string of the molecule is COc1ccc(-c2[nH]ncc2CNC(=O)C2CC3(CCNCC3)CN2)cc1.Cl.Cl. The number of nitrogens with one attached hydrogen (secondary N) is 4. The van der Waals surface area contributed by atoms with E-state index in [0.29, 0.717) is 6.54 Å². The summed E-state index contributed by atoms with van der Waals surface area (Å²) in [5.74, 6) is 0.888. The standard InChI is InChI=1S/C20H27N5O2.2ClH/c1-27-16-4-2-14(3-5-16)18-15(12-24-25-18)11-22-19(26)17-10-20(13-23-17)6-8-21-9-7-20;;/h2-5,12,17,21,23H,6-11,13H2,1H3,(H,22,26)(H,24,25);2*1H. The number of aromatic amines is 1. The second-order valence-corrected chi connectivity index (χ2v) is 7.60. The molecule has 1 aromatic heterocycles. The lowest BCUT2D eigenvalue weighted by molar-refractivity contribution is -0.123. The summed E-state index contributed by atoms with van der Waals surface area (Å²) >= 11 is 0. The molecule has 1 spiro atoms. The van der Waals surface area contributed by atoms with Crippen LogP contribution in [0.1, 0.15) is 24.8 Å². The molecule has 0 bridgehead atoms. The van der Waals surface area contributed by atoms with Crippen molar-refractivity contribution >= 4 is 30.7 Å². The molecule has 29 heavy (non-hydrogen) atoms. The lowest BCUT2D eigenvalue weighted by Crippen LogP contribution is -2.40. The molecule has 3 heterocycles. The summed E-state index contributed by atoms with van der Waals surface area (Å²) < 4.78 is 5.21. The number of H-pyrrole nitrogens is 1. The molecule has 0 saturated carbocycles. The molecule has 2 saturated heterocycles. The topological polar surface area (TPSA) is 91.1 Å². The van der Waals surface area contributed by atoms with Crippen LogP contribution in [0.4, 0.5) is 0 Å². The first-order valence-electron chi connectivity index (χ1n) is 9.58. The number of nitrogens with zero attached hydrogens (tertiary/aromatic N) is 1. The zero-order chi connectivity index (χ0) is 18.7. The molecule has 2 aliphatic heterocycles. The lowest BCUT2D eigenvalue weighted by atomic mass is 9.77. The number of hydrogen-bond donors (Lipinski definition) is 4. The second-order valence-electron chi connectivity index (χ2n) is 7.60. The van der Waals surface area contributed by atoms with Crippen molar-refractivity contribution in [2.75, 3.05) is 26.7 Å². The van der Waals surface area contributed by atoms with Gasteiger partial charge in [-0.3, -0.25) is 9.89 Å². The zero-order valence-electron chi connectivity index (χ0n) is 16.5. The third kappa shape index (κ3) is 5.22. The fraction of sp³-hybridized carbons (Fsp3) is 0.500. The number of methoxy groups -OCH3 is 1. The third-order valence-electron chi connectivity index (χ3n) is 5.89. The summed E-state index contributed by atoms with van der Waals surface area (Å²) in [6.07, 6.45) is 4.99. The van der Waals surface area contributed by atoms with Crippen LogP contribution in [0, 0.1) is 5.41 Å². The Bertz CT molecular complexity index is 790. The Labute approximate surface area is 183 Å². The van der Waals surface area contributed by atoms with E-state index in [-0.39, 0.29) is 42.2 Å². The normalized spacial score (nSPS) is 19.8. The predicted molar refractivity (Wildman–Crippen MR) is 118 cm³/mol. The van der Waals surface area contributed by atoms with Crippen molar-refractivity contribution < 1.29 is 9.53 Å². The Kier molecular flexibility index (Phi) is 8.34. The van der Waals surface area contributed by atoms with Crippen LogP contribution in [0.2, 0.25) is 0 Å². The monoisotopic (exact) mass is 441 g/mol. The first-order valence-corrected chi connectivity index (χ1v) is 9.58. The number of halogens is 2. The second kappa shape index (κ2) is 10.3. The van der Waals surface area contributed by atoms with Crippen molar-refractivity contribution in [2.45, 2.75) is 31.8 Å². The molecule has 2 fully saturated rings. The molecule has 4 rings (SSSR count). The van der Waals surface area contributed by atoms with Crippen LogP contribution in [0.3, 0.4) is 0 Å². The van der Waals surface area contributed by atoms with Crippen molar-refractivity contribution in [3.8, 4) is 17.0 Å². The summed E-state index contributed by atoms with van der Waals surface area (Å²) in [5, 5.41) is 17.1. The minimum atomic E-state index is -0.0977. The molecule has 2 aliphatic rings. The molecule has 1 unspecified atom stereocenters. The first-order chi connectivity index (χ1) is 13.2. The summed E-state index contributed by atoms with van der Waals surface area (Å²) in [5.41, 5.74) is 3.21. The molecule has 1 aromatic carbocycles. The van der Waals surface area contributed by atoms with Crippen LogP contribution in [0.15, 0.2) is 30.5 Å². The van der Waals surface area contributed by atoms with Crippen LogP contribution in [-0.4, -0.2) is 48.9 Å². The van der Waals surface area contributed by atoms with Gasteiger partial charge in [-0.1, -0.05) is 0 Å². The number of aromatic nitrogens is 2. The van der Waals surface area contributed by atoms with Crippen molar-refractivity contribution in [3.63, 3.8) is 0 Å². The minimum absolute atomic E-state index is 0. The molecule has 1 atom stereocenters. The van der Waals surface area contributed by atoms with Gasteiger partial charge in [0.2, 0.25) is 5.91 Å². The molecule has 160 valence electrons. The van der Waals surface area contributed by atoms with Gasteiger partial charge in [0.05, 0.1) is 25.0 Å². The highest BCUT2D eigenvalue weighted by Crippen LogP contribution is 2.37. The zero-order valence-corrected chi connectivity index (χ0v) is 18.1. The number of ether oxygens (including phenoxy) is 1. The number of amides is 1. The number of rotatable bonds is 5. The number of benzene rings is 1. The Morgan fingerprint density at radius 3 is 2.66 bits per heavy atom. The number of carbonyl (C=O) groups is 1. The highest BCUT2D eigenvalue weighted by atomic mass is 35.5. The van der Waals surface area contributed by atoms with E-state index in [1.807, 2.05) is 24.3 Å². The maximum atomic E-state index is 12.7. The highest BCUT2D eigenvalue weighted by molar-refractivity contribution is 5.85. The van der Waals surface area contributed by atoms with E-state index < -0.39 is 0 Å². The summed E-state index contributed by atoms with van der Waals surface area (Å²) in [6.45, 7) is 3.51. The maximum Gasteiger partial charge on any atom is 0.237 e. The first kappa shape index (κ1) is 23.5. The minimum Gasteiger partial charge on any atom is -0.497 e. The smallest absolute Gasteiger partial charge is 0.237 e. The van der Waals surface area contributed by atoms with Crippen LogP contribution in [0.25, 0.3) is 11.3 Å². The van der Waals surface area contributed by atoms with Gasteiger partial charge in [-0.25, -0.2) is 0 Å². The van der Waals surface area contributed by atoms with Gasteiger partial charge in [0.15, 0.2) is 0 Å². The lowest BCUT2D eigenvalue weighted by Gasteiger charge is -2.33. The van der Waals surface area contributed by atoms with Crippen molar-refractivity contribution in [2.24, 2.45) is 5.41 Å². The Morgan fingerprint density at radius 2 is 1.97 bits per heavy atom. The maximum absolute atomic E-state index is 12.7. The van der Waals surface area contributed by atoms with E-state index in [4.69, 9.17) is 4.74 Å². The van der Waals surface area contributed by atoms with Gasteiger partial charge in [-0.2, -0.15) is 5.10 Å². The Hall–Kier alpha value is -1.80. The Balaban J connectivity index is 0.00000150. The fourth-order valence-corrected chi connectivity index (χ4v) is 4.20. The Morgan fingerprint density at radius 1 is 1.24 bits per heavy atom. The summed E-state index contributed by atoms with van der Waals surface area (Å²) in [6, 6.07) is 7.70. The van der Waals surface area contributed by atoms with E-state index in [1.165, 1.54) is 0 Å². The van der Waals surface area contributed by atoms with Crippen molar-refractivity contribution in [1.82, 2.24) is 26.1 Å². The summed E-state index contributed by atoms with van der Waals surface area (Å²) in [7, 11) is 1.65. The number of piperidine rings is 1. The summed E-state index contributed by atoms with van der Waals surface area (Å²) in [4.78, 5) is 12.7. The average molecular weight is 442 g/mol. The van der Waals surface area contributed by atoms with E-state index in [1.54, 1.807) is 13.3 Å². The molecule has 1 amide bonds. The van der Waals surface area contributed by atoms with Gasteiger partial charge in [-0.15, -0.1) is 24.8 Å². The molecular formula is C20H29Cl2N5O2. The largest absolute Gasteiger partial charge is 0.497 e. The average Bonchev–Trinajstić information content (AvgIpc) is 3.34.